The molecule has 0 saturated carbocycles. The van der Waals surface area contributed by atoms with E-state index in [0.29, 0.717) is 5.69 Å². The topological polar surface area (TPSA) is 107 Å². The van der Waals surface area contributed by atoms with Crippen molar-refractivity contribution in [1.82, 2.24) is 9.78 Å². The summed E-state index contributed by atoms with van der Waals surface area (Å²) < 4.78 is 1.11. The van der Waals surface area contributed by atoms with Crippen molar-refractivity contribution in [3.8, 4) is 0 Å². The summed E-state index contributed by atoms with van der Waals surface area (Å²) in [5.41, 5.74) is 10.8. The summed E-state index contributed by atoms with van der Waals surface area (Å²) in [6.07, 6.45) is 1.52. The monoisotopic (exact) mass is 225 g/mol. The molecule has 0 fully saturated rings. The van der Waals surface area contributed by atoms with E-state index in [4.69, 9.17) is 11.5 Å². The van der Waals surface area contributed by atoms with E-state index < -0.39 is 11.9 Å². The lowest BCUT2D eigenvalue weighted by Gasteiger charge is -2.13. The minimum atomic E-state index is -0.907. The molecule has 7 nitrogen and oxygen atoms in total. The molecule has 16 heavy (non-hydrogen) atoms. The lowest BCUT2D eigenvalue weighted by atomic mass is 10.3. The minimum Gasteiger partial charge on any atom is -0.376 e. The van der Waals surface area contributed by atoms with E-state index in [9.17, 15) is 9.59 Å². The van der Waals surface area contributed by atoms with Gasteiger partial charge in [0.2, 0.25) is 5.91 Å². The van der Waals surface area contributed by atoms with Crippen LogP contribution in [0.5, 0.6) is 0 Å². The lowest BCUT2D eigenvalue weighted by Crippen LogP contribution is -2.42. The zero-order valence-electron chi connectivity index (χ0n) is 9.25. The van der Waals surface area contributed by atoms with Crippen LogP contribution in [0.3, 0.4) is 0 Å². The van der Waals surface area contributed by atoms with E-state index >= 15 is 0 Å². The normalized spacial score (nSPS) is 12.2. The maximum Gasteiger partial charge on any atom is 0.268 e. The van der Waals surface area contributed by atoms with Gasteiger partial charge >= 0.3 is 0 Å². The molecule has 0 spiro atoms. The maximum absolute atomic E-state index is 11.6. The number of hydrogen-bond acceptors (Lipinski definition) is 5. The van der Waals surface area contributed by atoms with Crippen LogP contribution in [0.2, 0.25) is 0 Å². The van der Waals surface area contributed by atoms with Crippen LogP contribution in [0, 0.1) is 0 Å². The molecule has 1 amide bonds. The Morgan fingerprint density at radius 3 is 2.69 bits per heavy atom. The molecule has 1 rings (SSSR count). The quantitative estimate of drug-likeness (QED) is 0.623. The first-order valence-corrected chi connectivity index (χ1v) is 4.71. The Hall–Kier alpha value is -1.89. The van der Waals surface area contributed by atoms with Crippen LogP contribution in [-0.4, -0.2) is 35.8 Å². The van der Waals surface area contributed by atoms with Crippen molar-refractivity contribution < 1.29 is 4.79 Å². The molecule has 0 saturated heterocycles. The van der Waals surface area contributed by atoms with Crippen LogP contribution in [0.15, 0.2) is 17.1 Å². The molecule has 0 aliphatic rings. The van der Waals surface area contributed by atoms with Crippen LogP contribution in [0.25, 0.3) is 0 Å². The molecule has 0 bridgehead atoms. The molecule has 1 unspecified atom stereocenters. The second kappa shape index (κ2) is 4.75. The summed E-state index contributed by atoms with van der Waals surface area (Å²) in [5, 5.41) is 3.90. The molecule has 88 valence electrons. The van der Waals surface area contributed by atoms with Crippen molar-refractivity contribution >= 4 is 11.6 Å². The Morgan fingerprint density at radius 1 is 1.62 bits per heavy atom. The van der Waals surface area contributed by atoms with Crippen molar-refractivity contribution in [2.45, 2.75) is 12.6 Å². The Morgan fingerprint density at radius 2 is 2.25 bits per heavy atom. The molecular weight excluding hydrogens is 210 g/mol. The maximum atomic E-state index is 11.6. The Labute approximate surface area is 92.6 Å². The minimum absolute atomic E-state index is 0.0120. The summed E-state index contributed by atoms with van der Waals surface area (Å²) in [6.45, 7) is -0.0120. The molecule has 1 aromatic heterocycles. The fourth-order valence-corrected chi connectivity index (χ4v) is 1.08. The highest BCUT2D eigenvalue weighted by atomic mass is 16.1. The molecular formula is C9H15N5O2. The largest absolute Gasteiger partial charge is 0.376 e. The predicted octanol–water partition coefficient (Wildman–Crippen LogP) is -1.88. The highest BCUT2D eigenvalue weighted by Gasteiger charge is 2.11. The van der Waals surface area contributed by atoms with E-state index in [1.54, 1.807) is 19.0 Å². The van der Waals surface area contributed by atoms with Gasteiger partial charge < -0.3 is 16.4 Å². The fraction of sp³-hybridized carbons (Fsp3) is 0.444. The number of amides is 1. The van der Waals surface area contributed by atoms with Crippen molar-refractivity contribution in [3.63, 3.8) is 0 Å². The van der Waals surface area contributed by atoms with Crippen LogP contribution in [0.1, 0.15) is 0 Å². The van der Waals surface area contributed by atoms with E-state index in [-0.39, 0.29) is 12.1 Å². The molecule has 0 radical (unpaired) electrons. The summed E-state index contributed by atoms with van der Waals surface area (Å²) >= 11 is 0. The SMILES string of the molecule is CN(C)c1cnn(CC(N)C(N)=O)c(=O)c1. The second-order valence-electron chi connectivity index (χ2n) is 3.64. The summed E-state index contributed by atoms with van der Waals surface area (Å²) in [4.78, 5) is 24.1. The number of hydrogen-bond donors (Lipinski definition) is 2. The third-order valence-electron chi connectivity index (χ3n) is 2.11. The zero-order chi connectivity index (χ0) is 12.3. The van der Waals surface area contributed by atoms with E-state index in [0.717, 1.165) is 4.68 Å². The van der Waals surface area contributed by atoms with Gasteiger partial charge in [-0.3, -0.25) is 9.59 Å². The van der Waals surface area contributed by atoms with Gasteiger partial charge in [-0.15, -0.1) is 0 Å². The van der Waals surface area contributed by atoms with E-state index in [2.05, 4.69) is 5.10 Å². The number of nitrogens with two attached hydrogens (primary N) is 2. The second-order valence-corrected chi connectivity index (χ2v) is 3.64. The molecule has 1 heterocycles. The number of anilines is 1. The average molecular weight is 225 g/mol. The zero-order valence-corrected chi connectivity index (χ0v) is 9.25. The first kappa shape index (κ1) is 12.2. The van der Waals surface area contributed by atoms with Crippen LogP contribution in [-0.2, 0) is 11.3 Å². The summed E-state index contributed by atoms with van der Waals surface area (Å²) in [5.74, 6) is -0.662. The van der Waals surface area contributed by atoms with Gasteiger partial charge in [-0.2, -0.15) is 5.10 Å². The molecule has 7 heteroatoms. The first-order chi connectivity index (χ1) is 7.41. The fourth-order valence-electron chi connectivity index (χ4n) is 1.08. The Kier molecular flexibility index (Phi) is 3.62. The van der Waals surface area contributed by atoms with Crippen LogP contribution >= 0.6 is 0 Å². The number of rotatable bonds is 4. The van der Waals surface area contributed by atoms with Gasteiger partial charge in [-0.25, -0.2) is 4.68 Å². The number of aromatic nitrogens is 2. The third-order valence-corrected chi connectivity index (χ3v) is 2.11. The Balaban J connectivity index is 2.92. The standard InChI is InChI=1S/C9H15N5O2/c1-13(2)6-3-8(15)14(12-4-6)5-7(10)9(11)16/h3-4,7H,5,10H2,1-2H3,(H2,11,16). The van der Waals surface area contributed by atoms with Crippen LogP contribution in [0.4, 0.5) is 5.69 Å². The van der Waals surface area contributed by atoms with Gasteiger partial charge in [0.05, 0.1) is 18.4 Å². The third kappa shape index (κ3) is 2.80. The van der Waals surface area contributed by atoms with Crippen molar-refractivity contribution in [2.24, 2.45) is 11.5 Å². The smallest absolute Gasteiger partial charge is 0.268 e. The van der Waals surface area contributed by atoms with Gasteiger partial charge in [-0.05, 0) is 0 Å². The molecule has 0 aromatic carbocycles. The number of carbonyl (C=O) groups excluding carboxylic acids is 1. The number of primary amides is 1. The Bertz CT molecular complexity index is 440. The highest BCUT2D eigenvalue weighted by molar-refractivity contribution is 5.79. The van der Waals surface area contributed by atoms with Crippen LogP contribution < -0.4 is 21.9 Å². The lowest BCUT2D eigenvalue weighted by molar-refractivity contribution is -0.119. The van der Waals surface area contributed by atoms with Gasteiger partial charge in [-0.1, -0.05) is 0 Å². The molecule has 4 N–H and O–H groups in total. The number of carbonyl (C=O) groups is 1. The van der Waals surface area contributed by atoms with Crippen molar-refractivity contribution in [2.75, 3.05) is 19.0 Å². The molecule has 0 aliphatic carbocycles. The summed E-state index contributed by atoms with van der Waals surface area (Å²) in [7, 11) is 3.60. The van der Waals surface area contributed by atoms with Crippen molar-refractivity contribution in [3.05, 3.63) is 22.6 Å². The van der Waals surface area contributed by atoms with Gasteiger partial charge in [0.15, 0.2) is 0 Å². The molecule has 0 aliphatic heterocycles. The number of nitrogens with zero attached hydrogens (tertiary/aromatic N) is 3. The first-order valence-electron chi connectivity index (χ1n) is 4.71. The van der Waals surface area contributed by atoms with E-state index in [1.807, 2.05) is 0 Å². The van der Waals surface area contributed by atoms with Gasteiger partial charge in [0.1, 0.15) is 6.04 Å². The molecule has 1 atom stereocenters. The van der Waals surface area contributed by atoms with E-state index in [1.165, 1.54) is 12.3 Å². The average Bonchev–Trinajstić information content (AvgIpc) is 2.20. The molecule has 1 aromatic rings. The van der Waals surface area contributed by atoms with Gasteiger partial charge in [0, 0.05) is 20.2 Å². The highest BCUT2D eigenvalue weighted by Crippen LogP contribution is 2.03. The van der Waals surface area contributed by atoms with Gasteiger partial charge in [0.25, 0.3) is 5.56 Å². The van der Waals surface area contributed by atoms with Crippen molar-refractivity contribution in [1.29, 1.82) is 0 Å². The summed E-state index contributed by atoms with van der Waals surface area (Å²) in [6, 6.07) is 0.510. The predicted molar refractivity (Wildman–Crippen MR) is 60.0 cm³/mol.